The molecule has 1 aromatic heterocycles. The lowest BCUT2D eigenvalue weighted by molar-refractivity contribution is 0.101. The highest BCUT2D eigenvalue weighted by Crippen LogP contribution is 2.23. The molecule has 0 bridgehead atoms. The van der Waals surface area contributed by atoms with Crippen molar-refractivity contribution >= 4 is 27.5 Å². The summed E-state index contributed by atoms with van der Waals surface area (Å²) in [7, 11) is 0. The van der Waals surface area contributed by atoms with Crippen molar-refractivity contribution in [2.75, 3.05) is 5.32 Å². The number of hydrogen-bond acceptors (Lipinski definition) is 3. The largest absolute Gasteiger partial charge is 0.319 e. The van der Waals surface area contributed by atoms with Crippen molar-refractivity contribution in [1.82, 2.24) is 14.8 Å². The summed E-state index contributed by atoms with van der Waals surface area (Å²) in [5.41, 5.74) is 4.65. The summed E-state index contributed by atoms with van der Waals surface area (Å²) in [5, 5.41) is 7.38. The summed E-state index contributed by atoms with van der Waals surface area (Å²) < 4.78 is 2.66. The van der Waals surface area contributed by atoms with Crippen molar-refractivity contribution in [1.29, 1.82) is 0 Å². The van der Waals surface area contributed by atoms with E-state index in [-0.39, 0.29) is 11.7 Å². The predicted octanol–water partition coefficient (Wildman–Crippen LogP) is 5.57. The van der Waals surface area contributed by atoms with Crippen LogP contribution in [0.1, 0.15) is 21.7 Å². The lowest BCUT2D eigenvalue weighted by Crippen LogP contribution is -2.14. The van der Waals surface area contributed by atoms with Crippen molar-refractivity contribution in [3.63, 3.8) is 0 Å². The van der Waals surface area contributed by atoms with Gasteiger partial charge in [0.25, 0.3) is 5.91 Å². The molecule has 0 fully saturated rings. The van der Waals surface area contributed by atoms with E-state index < -0.39 is 0 Å². The molecule has 6 heteroatoms. The van der Waals surface area contributed by atoms with Gasteiger partial charge in [-0.1, -0.05) is 57.9 Å². The van der Waals surface area contributed by atoms with Gasteiger partial charge in [0.2, 0.25) is 5.82 Å². The lowest BCUT2D eigenvalue weighted by atomic mass is 10.1. The van der Waals surface area contributed by atoms with E-state index in [2.05, 4.69) is 31.3 Å². The quantitative estimate of drug-likeness (QED) is 0.445. The Bertz CT molecular complexity index is 1100. The van der Waals surface area contributed by atoms with Gasteiger partial charge < -0.3 is 5.32 Å². The number of nitrogens with one attached hydrogen (secondary N) is 1. The van der Waals surface area contributed by atoms with Crippen molar-refractivity contribution in [3.8, 4) is 17.1 Å². The normalized spacial score (nSPS) is 10.7. The highest BCUT2D eigenvalue weighted by Gasteiger charge is 2.19. The summed E-state index contributed by atoms with van der Waals surface area (Å²) in [5.74, 6) is 0.381. The molecule has 5 nitrogen and oxygen atoms in total. The van der Waals surface area contributed by atoms with Crippen molar-refractivity contribution in [2.45, 2.75) is 13.8 Å². The van der Waals surface area contributed by atoms with Gasteiger partial charge in [-0.05, 0) is 55.8 Å². The van der Waals surface area contributed by atoms with E-state index >= 15 is 0 Å². The van der Waals surface area contributed by atoms with E-state index in [1.54, 1.807) is 4.68 Å². The summed E-state index contributed by atoms with van der Waals surface area (Å²) in [6.45, 7) is 4.01. The van der Waals surface area contributed by atoms with Gasteiger partial charge in [-0.15, -0.1) is 5.10 Å². The fourth-order valence-electron chi connectivity index (χ4n) is 2.97. The van der Waals surface area contributed by atoms with Crippen molar-refractivity contribution in [3.05, 3.63) is 94.2 Å². The van der Waals surface area contributed by atoms with Crippen LogP contribution in [0.4, 0.5) is 5.69 Å². The molecule has 0 radical (unpaired) electrons. The van der Waals surface area contributed by atoms with Crippen LogP contribution in [0.5, 0.6) is 0 Å². The molecular weight excluding hydrogens is 428 g/mol. The van der Waals surface area contributed by atoms with Crippen molar-refractivity contribution in [2.24, 2.45) is 0 Å². The minimum Gasteiger partial charge on any atom is -0.319 e. The van der Waals surface area contributed by atoms with Gasteiger partial charge in [0.05, 0.1) is 5.69 Å². The third kappa shape index (κ3) is 4.27. The number of benzene rings is 3. The maximum atomic E-state index is 12.8. The molecule has 0 aliphatic rings. The van der Waals surface area contributed by atoms with E-state index in [4.69, 9.17) is 0 Å². The minimum absolute atomic E-state index is 0.116. The van der Waals surface area contributed by atoms with E-state index in [0.29, 0.717) is 11.5 Å². The average Bonchev–Trinajstić information content (AvgIpc) is 3.15. The van der Waals surface area contributed by atoms with Crippen LogP contribution < -0.4 is 5.32 Å². The Kier molecular flexibility index (Phi) is 5.27. The molecule has 0 aliphatic heterocycles. The first kappa shape index (κ1) is 19.1. The molecule has 0 spiro atoms. The van der Waals surface area contributed by atoms with Gasteiger partial charge >= 0.3 is 0 Å². The number of nitrogens with zero attached hydrogens (tertiary/aromatic N) is 3. The topological polar surface area (TPSA) is 59.8 Å². The zero-order valence-electron chi connectivity index (χ0n) is 16.1. The van der Waals surface area contributed by atoms with E-state index in [1.807, 2.05) is 86.6 Å². The fraction of sp³-hybridized carbons (Fsp3) is 0.0870. The number of amides is 1. The van der Waals surface area contributed by atoms with Crippen LogP contribution in [0.3, 0.4) is 0 Å². The van der Waals surface area contributed by atoms with Crippen molar-refractivity contribution < 1.29 is 4.79 Å². The summed E-state index contributed by atoms with van der Waals surface area (Å²) in [4.78, 5) is 17.4. The monoisotopic (exact) mass is 446 g/mol. The molecule has 29 heavy (non-hydrogen) atoms. The molecule has 1 N–H and O–H groups in total. The Morgan fingerprint density at radius 2 is 1.66 bits per heavy atom. The first-order valence-electron chi connectivity index (χ1n) is 9.18. The zero-order valence-corrected chi connectivity index (χ0v) is 17.6. The first-order valence-corrected chi connectivity index (χ1v) is 9.97. The molecule has 0 saturated carbocycles. The molecule has 144 valence electrons. The molecule has 0 unspecified atom stereocenters. The maximum Gasteiger partial charge on any atom is 0.295 e. The molecule has 3 aromatic carbocycles. The molecule has 1 amide bonds. The van der Waals surface area contributed by atoms with Gasteiger partial charge in [0, 0.05) is 15.7 Å². The Morgan fingerprint density at radius 1 is 0.931 bits per heavy atom. The van der Waals surface area contributed by atoms with Gasteiger partial charge in [0.15, 0.2) is 5.82 Å². The highest BCUT2D eigenvalue weighted by atomic mass is 79.9. The number of anilines is 1. The van der Waals surface area contributed by atoms with E-state index in [9.17, 15) is 4.79 Å². The summed E-state index contributed by atoms with van der Waals surface area (Å²) >= 11 is 3.45. The highest BCUT2D eigenvalue weighted by molar-refractivity contribution is 9.10. The number of halogens is 1. The second-order valence-corrected chi connectivity index (χ2v) is 7.75. The van der Waals surface area contributed by atoms with Gasteiger partial charge in [-0.25, -0.2) is 9.67 Å². The molecule has 4 rings (SSSR count). The van der Waals surface area contributed by atoms with Crippen LogP contribution >= 0.6 is 15.9 Å². The predicted molar refractivity (Wildman–Crippen MR) is 118 cm³/mol. The molecule has 0 atom stereocenters. The Labute approximate surface area is 177 Å². The third-order valence-electron chi connectivity index (χ3n) is 4.47. The number of aryl methyl sites for hydroxylation is 2. The number of carbonyl (C=O) groups excluding carboxylic acids is 1. The number of rotatable bonds is 4. The SMILES string of the molecule is Cc1ccc(-c2nc(C(=O)Nc3cccc(C)c3)nn2-c2ccc(Br)cc2)cc1. The molecule has 4 aromatic rings. The summed E-state index contributed by atoms with van der Waals surface area (Å²) in [6.07, 6.45) is 0. The molecule has 0 aliphatic carbocycles. The third-order valence-corrected chi connectivity index (χ3v) is 5.00. The fourth-order valence-corrected chi connectivity index (χ4v) is 3.23. The lowest BCUT2D eigenvalue weighted by Gasteiger charge is -2.06. The van der Waals surface area contributed by atoms with Crippen LogP contribution in [0.15, 0.2) is 77.3 Å². The number of carbonyl (C=O) groups is 1. The minimum atomic E-state index is -0.347. The second kappa shape index (κ2) is 8.01. The Balaban J connectivity index is 1.75. The Morgan fingerprint density at radius 3 is 2.34 bits per heavy atom. The van der Waals surface area contributed by atoms with E-state index in [0.717, 1.165) is 26.9 Å². The standard InChI is InChI=1S/C23H19BrN4O/c1-15-6-8-17(9-7-15)22-26-21(23(29)25-19-5-3-4-16(2)14-19)27-28(22)20-12-10-18(24)11-13-20/h3-14H,1-2H3,(H,25,29). The van der Waals surface area contributed by atoms with Crippen LogP contribution in [0, 0.1) is 13.8 Å². The number of hydrogen-bond donors (Lipinski definition) is 1. The summed E-state index contributed by atoms with van der Waals surface area (Å²) in [6, 6.07) is 23.4. The number of aromatic nitrogens is 3. The first-order chi connectivity index (χ1) is 14.0. The maximum absolute atomic E-state index is 12.8. The second-order valence-electron chi connectivity index (χ2n) is 6.84. The molecule has 1 heterocycles. The van der Waals surface area contributed by atoms with Crippen LogP contribution in [-0.2, 0) is 0 Å². The van der Waals surface area contributed by atoms with Crippen LogP contribution in [0.2, 0.25) is 0 Å². The zero-order chi connectivity index (χ0) is 20.4. The molecular formula is C23H19BrN4O. The van der Waals surface area contributed by atoms with Gasteiger partial charge in [0.1, 0.15) is 0 Å². The van der Waals surface area contributed by atoms with Gasteiger partial charge in [-0.2, -0.15) is 0 Å². The molecule has 0 saturated heterocycles. The van der Waals surface area contributed by atoms with Crippen LogP contribution in [-0.4, -0.2) is 20.7 Å². The Hall–Kier alpha value is -3.25. The van der Waals surface area contributed by atoms with Crippen LogP contribution in [0.25, 0.3) is 17.1 Å². The average molecular weight is 447 g/mol. The van der Waals surface area contributed by atoms with Gasteiger partial charge in [-0.3, -0.25) is 4.79 Å². The van der Waals surface area contributed by atoms with E-state index in [1.165, 1.54) is 0 Å². The smallest absolute Gasteiger partial charge is 0.295 e.